The molecule has 21 heavy (non-hydrogen) atoms. The molecule has 1 heterocycles. The normalized spacial score (nSPS) is 30.5. The Hall–Kier alpha value is -1.13. The summed E-state index contributed by atoms with van der Waals surface area (Å²) in [6.07, 6.45) is 5.94. The van der Waals surface area contributed by atoms with Crippen LogP contribution in [0.2, 0.25) is 0 Å². The van der Waals surface area contributed by atoms with E-state index in [9.17, 15) is 9.50 Å². The van der Waals surface area contributed by atoms with Crippen LogP contribution in [0.15, 0.2) is 18.2 Å². The van der Waals surface area contributed by atoms with E-state index in [1.165, 1.54) is 6.07 Å². The van der Waals surface area contributed by atoms with Gasteiger partial charge in [-0.2, -0.15) is 0 Å². The van der Waals surface area contributed by atoms with Gasteiger partial charge in [-0.1, -0.05) is 0 Å². The zero-order valence-electron chi connectivity index (χ0n) is 12.6. The van der Waals surface area contributed by atoms with Crippen molar-refractivity contribution >= 4 is 0 Å². The largest absolute Gasteiger partial charge is 0.496 e. The lowest BCUT2D eigenvalue weighted by Gasteiger charge is -2.37. The molecular formula is C17H24FNO2. The Labute approximate surface area is 125 Å². The Balaban J connectivity index is 1.85. The number of benzene rings is 1. The lowest BCUT2D eigenvalue weighted by molar-refractivity contribution is 0.0552. The van der Waals surface area contributed by atoms with Crippen molar-refractivity contribution in [3.05, 3.63) is 29.6 Å². The number of hydrogen-bond donors (Lipinski definition) is 1. The highest BCUT2D eigenvalue weighted by Gasteiger charge is 2.35. The van der Waals surface area contributed by atoms with E-state index in [2.05, 4.69) is 4.90 Å². The molecule has 3 nitrogen and oxygen atoms in total. The SMILES string of the molecule is COc1ccc(F)cc1[C@H]1CCCN1C1CCCC(O)C1. The second-order valence-electron chi connectivity index (χ2n) is 6.26. The summed E-state index contributed by atoms with van der Waals surface area (Å²) in [7, 11) is 1.64. The zero-order valence-corrected chi connectivity index (χ0v) is 12.6. The maximum atomic E-state index is 13.7. The minimum absolute atomic E-state index is 0.181. The summed E-state index contributed by atoms with van der Waals surface area (Å²) in [5, 5.41) is 9.93. The van der Waals surface area contributed by atoms with Crippen LogP contribution < -0.4 is 4.74 Å². The van der Waals surface area contributed by atoms with Gasteiger partial charge in [0.15, 0.2) is 0 Å². The highest BCUT2D eigenvalue weighted by molar-refractivity contribution is 5.37. The minimum atomic E-state index is -0.207. The van der Waals surface area contributed by atoms with Gasteiger partial charge in [-0.3, -0.25) is 4.90 Å². The van der Waals surface area contributed by atoms with Gasteiger partial charge in [0.1, 0.15) is 11.6 Å². The van der Waals surface area contributed by atoms with Crippen LogP contribution in [0, 0.1) is 5.82 Å². The van der Waals surface area contributed by atoms with E-state index in [0.717, 1.165) is 56.4 Å². The molecule has 3 rings (SSSR count). The maximum Gasteiger partial charge on any atom is 0.123 e. The zero-order chi connectivity index (χ0) is 14.8. The van der Waals surface area contributed by atoms with Gasteiger partial charge in [-0.25, -0.2) is 4.39 Å². The lowest BCUT2D eigenvalue weighted by Crippen LogP contribution is -2.39. The van der Waals surface area contributed by atoms with Crippen LogP contribution in [0.5, 0.6) is 5.75 Å². The number of rotatable bonds is 3. The number of aliphatic hydroxyl groups excluding tert-OH is 1. The molecule has 1 saturated carbocycles. The number of nitrogens with zero attached hydrogens (tertiary/aromatic N) is 1. The molecule has 1 aliphatic carbocycles. The van der Waals surface area contributed by atoms with E-state index < -0.39 is 0 Å². The smallest absolute Gasteiger partial charge is 0.123 e. The van der Waals surface area contributed by atoms with Gasteiger partial charge in [-0.15, -0.1) is 0 Å². The van der Waals surface area contributed by atoms with Gasteiger partial charge in [0.2, 0.25) is 0 Å². The second-order valence-corrected chi connectivity index (χ2v) is 6.26. The van der Waals surface area contributed by atoms with Crippen LogP contribution in [0.4, 0.5) is 4.39 Å². The van der Waals surface area contributed by atoms with Crippen LogP contribution in [0.1, 0.15) is 50.1 Å². The van der Waals surface area contributed by atoms with Crippen molar-refractivity contribution < 1.29 is 14.2 Å². The monoisotopic (exact) mass is 293 g/mol. The Morgan fingerprint density at radius 2 is 2.10 bits per heavy atom. The first kappa shape index (κ1) is 14.8. The molecule has 0 radical (unpaired) electrons. The van der Waals surface area contributed by atoms with Crippen LogP contribution in [-0.4, -0.2) is 35.8 Å². The Kier molecular flexibility index (Phi) is 4.45. The molecule has 1 saturated heterocycles. The van der Waals surface area contributed by atoms with E-state index >= 15 is 0 Å². The molecule has 0 spiro atoms. The number of hydrogen-bond acceptors (Lipinski definition) is 3. The first-order valence-corrected chi connectivity index (χ1v) is 7.96. The van der Waals surface area contributed by atoms with Gasteiger partial charge >= 0.3 is 0 Å². The van der Waals surface area contributed by atoms with E-state index in [1.807, 2.05) is 0 Å². The van der Waals surface area contributed by atoms with Crippen molar-refractivity contribution in [3.8, 4) is 5.75 Å². The van der Waals surface area contributed by atoms with Crippen LogP contribution in [0.25, 0.3) is 0 Å². The lowest BCUT2D eigenvalue weighted by atomic mass is 9.90. The molecule has 2 unspecified atom stereocenters. The average molecular weight is 293 g/mol. The van der Waals surface area contributed by atoms with Crippen molar-refractivity contribution in [1.82, 2.24) is 4.90 Å². The number of halogens is 1. The quantitative estimate of drug-likeness (QED) is 0.928. The van der Waals surface area contributed by atoms with Crippen molar-refractivity contribution in [2.24, 2.45) is 0 Å². The van der Waals surface area contributed by atoms with Gasteiger partial charge in [0.25, 0.3) is 0 Å². The predicted molar refractivity (Wildman–Crippen MR) is 79.9 cm³/mol. The summed E-state index contributed by atoms with van der Waals surface area (Å²) < 4.78 is 19.1. The first-order valence-electron chi connectivity index (χ1n) is 7.96. The second kappa shape index (κ2) is 6.32. The van der Waals surface area contributed by atoms with Gasteiger partial charge in [0, 0.05) is 17.6 Å². The fourth-order valence-corrected chi connectivity index (χ4v) is 3.97. The van der Waals surface area contributed by atoms with Crippen molar-refractivity contribution in [2.45, 2.75) is 56.7 Å². The molecule has 1 aromatic rings. The predicted octanol–water partition coefficient (Wildman–Crippen LogP) is 3.27. The average Bonchev–Trinajstić information content (AvgIpc) is 2.96. The van der Waals surface area contributed by atoms with Gasteiger partial charge in [-0.05, 0) is 63.3 Å². The highest BCUT2D eigenvalue weighted by atomic mass is 19.1. The molecule has 1 N–H and O–H groups in total. The minimum Gasteiger partial charge on any atom is -0.496 e. The maximum absolute atomic E-state index is 13.7. The third-order valence-electron chi connectivity index (χ3n) is 4.93. The van der Waals surface area contributed by atoms with Crippen molar-refractivity contribution in [3.63, 3.8) is 0 Å². The topological polar surface area (TPSA) is 32.7 Å². The summed E-state index contributed by atoms with van der Waals surface area (Å²) in [6.45, 7) is 1.03. The number of ether oxygens (including phenoxy) is 1. The molecule has 2 fully saturated rings. The highest BCUT2D eigenvalue weighted by Crippen LogP contribution is 2.41. The van der Waals surface area contributed by atoms with Gasteiger partial charge in [0.05, 0.1) is 13.2 Å². The molecule has 3 atom stereocenters. The van der Waals surface area contributed by atoms with E-state index in [4.69, 9.17) is 4.74 Å². The fourth-order valence-electron chi connectivity index (χ4n) is 3.97. The van der Waals surface area contributed by atoms with Crippen molar-refractivity contribution in [2.75, 3.05) is 13.7 Å². The van der Waals surface area contributed by atoms with Crippen LogP contribution in [0.3, 0.4) is 0 Å². The summed E-state index contributed by atoms with van der Waals surface area (Å²) in [5.74, 6) is 0.561. The molecule has 0 bridgehead atoms. The third-order valence-corrected chi connectivity index (χ3v) is 4.93. The summed E-state index contributed by atoms with van der Waals surface area (Å²) in [4.78, 5) is 2.46. The molecule has 4 heteroatoms. The van der Waals surface area contributed by atoms with Crippen LogP contribution >= 0.6 is 0 Å². The molecule has 2 aliphatic rings. The first-order chi connectivity index (χ1) is 10.2. The summed E-state index contributed by atoms with van der Waals surface area (Å²) >= 11 is 0. The summed E-state index contributed by atoms with van der Waals surface area (Å²) in [5.41, 5.74) is 0.954. The molecule has 0 amide bonds. The third kappa shape index (κ3) is 3.06. The fraction of sp³-hybridized carbons (Fsp3) is 0.647. The van der Waals surface area contributed by atoms with Gasteiger partial charge < -0.3 is 9.84 Å². The number of aliphatic hydroxyl groups is 1. The molecule has 116 valence electrons. The Morgan fingerprint density at radius 3 is 2.86 bits per heavy atom. The van der Waals surface area contributed by atoms with E-state index in [1.54, 1.807) is 19.2 Å². The molecule has 1 aliphatic heterocycles. The molecular weight excluding hydrogens is 269 g/mol. The number of likely N-dealkylation sites (tertiary alicyclic amines) is 1. The van der Waals surface area contributed by atoms with E-state index in [0.29, 0.717) is 6.04 Å². The Morgan fingerprint density at radius 1 is 1.24 bits per heavy atom. The molecule has 1 aromatic carbocycles. The Bertz CT molecular complexity index is 494. The number of methoxy groups -OCH3 is 1. The van der Waals surface area contributed by atoms with Crippen molar-refractivity contribution in [1.29, 1.82) is 0 Å². The van der Waals surface area contributed by atoms with E-state index in [-0.39, 0.29) is 18.0 Å². The summed E-state index contributed by atoms with van der Waals surface area (Å²) in [6, 6.07) is 5.41. The van der Waals surface area contributed by atoms with Crippen LogP contribution in [-0.2, 0) is 0 Å². The standard InChI is InChI=1S/C17H24FNO2/c1-21-17-8-7-12(18)10-15(17)16-6-3-9-19(16)13-4-2-5-14(20)11-13/h7-8,10,13-14,16,20H,2-6,9,11H2,1H3/t13?,14?,16-/m1/s1. The molecule has 0 aromatic heterocycles.